The Hall–Kier alpha value is -2.22. The van der Waals surface area contributed by atoms with E-state index in [0.29, 0.717) is 12.4 Å². The maximum atomic E-state index is 7.10. The standard InChI is InChI=1S/C20H21ClN6O.ClH/c21-20(7-5-16(6-8-20)28-19-2-1-9-23-26-19)15-3-4-17-14(10-15)11-22-12-18-25-24-13-27(17)18;/h1-4,9-10,13,16,22H,5-8,11-12H2;1H. The van der Waals surface area contributed by atoms with E-state index in [1.165, 1.54) is 11.1 Å². The van der Waals surface area contributed by atoms with E-state index in [1.54, 1.807) is 12.5 Å². The van der Waals surface area contributed by atoms with Gasteiger partial charge in [0.25, 0.3) is 0 Å². The van der Waals surface area contributed by atoms with Crippen LogP contribution >= 0.6 is 24.0 Å². The number of rotatable bonds is 3. The van der Waals surface area contributed by atoms with Gasteiger partial charge in [0.15, 0.2) is 5.82 Å². The van der Waals surface area contributed by atoms with E-state index in [9.17, 15) is 0 Å². The molecule has 9 heteroatoms. The van der Waals surface area contributed by atoms with Crippen LogP contribution in [0.2, 0.25) is 0 Å². The Kier molecular flexibility index (Phi) is 5.72. The third-order valence-electron chi connectivity index (χ3n) is 5.63. The Balaban J connectivity index is 0.00000205. The summed E-state index contributed by atoms with van der Waals surface area (Å²) in [6.07, 6.45) is 7.06. The fourth-order valence-corrected chi connectivity index (χ4v) is 4.44. The Labute approximate surface area is 180 Å². The van der Waals surface area contributed by atoms with Crippen molar-refractivity contribution in [1.29, 1.82) is 0 Å². The van der Waals surface area contributed by atoms with Gasteiger partial charge in [-0.1, -0.05) is 12.1 Å². The van der Waals surface area contributed by atoms with Gasteiger partial charge in [0.1, 0.15) is 12.4 Å². The quantitative estimate of drug-likeness (QED) is 0.637. The molecule has 0 unspecified atom stereocenters. The molecule has 0 saturated heterocycles. The smallest absolute Gasteiger partial charge is 0.233 e. The van der Waals surface area contributed by atoms with E-state index in [1.807, 2.05) is 16.7 Å². The number of hydrogen-bond acceptors (Lipinski definition) is 6. The molecule has 0 bridgehead atoms. The average molecular weight is 433 g/mol. The molecule has 3 heterocycles. The van der Waals surface area contributed by atoms with E-state index in [2.05, 4.69) is 43.9 Å². The SMILES string of the molecule is Cl.ClC1(c2ccc3c(c2)CNCc2nncn2-3)CCC(Oc2cccnn2)CC1. The highest BCUT2D eigenvalue weighted by Crippen LogP contribution is 2.44. The van der Waals surface area contributed by atoms with Crippen LogP contribution in [0, 0.1) is 0 Å². The first-order valence-electron chi connectivity index (χ1n) is 9.58. The highest BCUT2D eigenvalue weighted by atomic mass is 35.5. The minimum atomic E-state index is -0.362. The molecule has 0 spiro atoms. The minimum Gasteiger partial charge on any atom is -0.473 e. The van der Waals surface area contributed by atoms with Gasteiger partial charge in [-0.05, 0) is 48.9 Å². The summed E-state index contributed by atoms with van der Waals surface area (Å²) in [7, 11) is 0. The van der Waals surface area contributed by atoms with Crippen molar-refractivity contribution >= 4 is 24.0 Å². The van der Waals surface area contributed by atoms with Crippen molar-refractivity contribution in [3.8, 4) is 11.6 Å². The maximum absolute atomic E-state index is 7.10. The topological polar surface area (TPSA) is 77.8 Å². The van der Waals surface area contributed by atoms with E-state index in [0.717, 1.165) is 43.7 Å². The van der Waals surface area contributed by atoms with Crippen LogP contribution in [0.3, 0.4) is 0 Å². The molecule has 5 rings (SSSR count). The predicted octanol–water partition coefficient (Wildman–Crippen LogP) is 3.54. The molecular formula is C20H22Cl2N6O. The van der Waals surface area contributed by atoms with Crippen LogP contribution in [0.25, 0.3) is 5.69 Å². The second-order valence-corrected chi connectivity index (χ2v) is 8.13. The second kappa shape index (κ2) is 8.26. The third-order valence-corrected chi connectivity index (χ3v) is 6.23. The normalized spacial score (nSPS) is 23.3. The van der Waals surface area contributed by atoms with E-state index in [4.69, 9.17) is 16.3 Å². The van der Waals surface area contributed by atoms with Gasteiger partial charge < -0.3 is 10.1 Å². The van der Waals surface area contributed by atoms with Gasteiger partial charge in [0.05, 0.1) is 17.1 Å². The van der Waals surface area contributed by atoms with Crippen molar-refractivity contribution < 1.29 is 4.74 Å². The summed E-state index contributed by atoms with van der Waals surface area (Å²) >= 11 is 7.10. The lowest BCUT2D eigenvalue weighted by atomic mass is 9.81. The molecule has 1 aliphatic heterocycles. The Morgan fingerprint density at radius 2 is 1.97 bits per heavy atom. The number of benzene rings is 1. The Bertz CT molecular complexity index is 972. The zero-order chi connectivity index (χ0) is 19.0. The summed E-state index contributed by atoms with van der Waals surface area (Å²) in [6.45, 7) is 1.50. The molecule has 0 atom stereocenters. The van der Waals surface area contributed by atoms with Gasteiger partial charge in [-0.3, -0.25) is 4.57 Å². The summed E-state index contributed by atoms with van der Waals surface area (Å²) in [5, 5.41) is 19.5. The summed E-state index contributed by atoms with van der Waals surface area (Å²) < 4.78 is 8.01. The summed E-state index contributed by atoms with van der Waals surface area (Å²) in [5.41, 5.74) is 3.51. The molecule has 1 aromatic carbocycles. The number of nitrogens with one attached hydrogen (secondary N) is 1. The molecule has 0 radical (unpaired) electrons. The summed E-state index contributed by atoms with van der Waals surface area (Å²) in [5.74, 6) is 1.50. The monoisotopic (exact) mass is 432 g/mol. The lowest BCUT2D eigenvalue weighted by molar-refractivity contribution is 0.131. The molecule has 152 valence electrons. The molecule has 7 nitrogen and oxygen atoms in total. The fraction of sp³-hybridized carbons (Fsp3) is 0.400. The van der Waals surface area contributed by atoms with Crippen LogP contribution in [0.15, 0.2) is 42.9 Å². The average Bonchev–Trinajstić information content (AvgIpc) is 3.12. The van der Waals surface area contributed by atoms with Crippen LogP contribution in [0.1, 0.15) is 42.6 Å². The lowest BCUT2D eigenvalue weighted by Gasteiger charge is -2.36. The van der Waals surface area contributed by atoms with Crippen LogP contribution in [0.5, 0.6) is 5.88 Å². The summed E-state index contributed by atoms with van der Waals surface area (Å²) in [6, 6.07) is 10.2. The molecule has 0 amide bonds. The first-order valence-corrected chi connectivity index (χ1v) is 9.96. The van der Waals surface area contributed by atoms with Crippen LogP contribution < -0.4 is 10.1 Å². The van der Waals surface area contributed by atoms with Crippen LogP contribution in [-0.2, 0) is 18.0 Å². The number of ether oxygens (including phenoxy) is 1. The van der Waals surface area contributed by atoms with Gasteiger partial charge in [0.2, 0.25) is 5.88 Å². The molecule has 2 aromatic heterocycles. The van der Waals surface area contributed by atoms with Gasteiger partial charge in [-0.25, -0.2) is 0 Å². The van der Waals surface area contributed by atoms with E-state index < -0.39 is 0 Å². The van der Waals surface area contributed by atoms with Crippen molar-refractivity contribution in [2.45, 2.75) is 49.8 Å². The molecule has 3 aromatic rings. The first-order chi connectivity index (χ1) is 13.7. The Morgan fingerprint density at radius 1 is 1.10 bits per heavy atom. The fourth-order valence-electron chi connectivity index (χ4n) is 4.11. The number of alkyl halides is 1. The molecule has 1 N–H and O–H groups in total. The van der Waals surface area contributed by atoms with Gasteiger partial charge in [0, 0.05) is 18.8 Å². The highest BCUT2D eigenvalue weighted by molar-refractivity contribution is 6.24. The number of fused-ring (bicyclic) bond motifs is 3. The molecule has 1 saturated carbocycles. The van der Waals surface area contributed by atoms with Gasteiger partial charge >= 0.3 is 0 Å². The highest BCUT2D eigenvalue weighted by Gasteiger charge is 2.36. The third kappa shape index (κ3) is 3.95. The number of hydrogen-bond donors (Lipinski definition) is 1. The van der Waals surface area contributed by atoms with E-state index in [-0.39, 0.29) is 23.4 Å². The Morgan fingerprint density at radius 3 is 2.76 bits per heavy atom. The molecular weight excluding hydrogens is 411 g/mol. The zero-order valence-corrected chi connectivity index (χ0v) is 17.4. The van der Waals surface area contributed by atoms with Crippen molar-refractivity contribution in [2.75, 3.05) is 0 Å². The molecule has 1 fully saturated rings. The second-order valence-electron chi connectivity index (χ2n) is 7.41. The van der Waals surface area contributed by atoms with Crippen molar-refractivity contribution in [3.63, 3.8) is 0 Å². The van der Waals surface area contributed by atoms with Gasteiger partial charge in [-0.15, -0.1) is 39.3 Å². The maximum Gasteiger partial charge on any atom is 0.233 e. The minimum absolute atomic E-state index is 0. The number of nitrogens with zero attached hydrogens (tertiary/aromatic N) is 5. The largest absolute Gasteiger partial charge is 0.473 e. The van der Waals surface area contributed by atoms with Crippen molar-refractivity contribution in [2.24, 2.45) is 0 Å². The predicted molar refractivity (Wildman–Crippen MR) is 112 cm³/mol. The lowest BCUT2D eigenvalue weighted by Crippen LogP contribution is -2.32. The van der Waals surface area contributed by atoms with Gasteiger partial charge in [-0.2, -0.15) is 5.10 Å². The summed E-state index contributed by atoms with van der Waals surface area (Å²) in [4.78, 5) is -0.362. The molecule has 29 heavy (non-hydrogen) atoms. The molecule has 2 aliphatic rings. The van der Waals surface area contributed by atoms with Crippen molar-refractivity contribution in [3.05, 3.63) is 59.8 Å². The number of aromatic nitrogens is 5. The number of halogens is 2. The molecule has 1 aliphatic carbocycles. The van der Waals surface area contributed by atoms with Crippen LogP contribution in [0.4, 0.5) is 0 Å². The van der Waals surface area contributed by atoms with Crippen molar-refractivity contribution in [1.82, 2.24) is 30.3 Å². The first kappa shape index (κ1) is 20.1. The van der Waals surface area contributed by atoms with Crippen LogP contribution in [-0.4, -0.2) is 31.1 Å². The zero-order valence-electron chi connectivity index (χ0n) is 15.8. The van der Waals surface area contributed by atoms with E-state index >= 15 is 0 Å².